The number of hydrogen-bond acceptors (Lipinski definition) is 6. The summed E-state index contributed by atoms with van der Waals surface area (Å²) in [5, 5.41) is 2.68. The van der Waals surface area contributed by atoms with Gasteiger partial charge in [-0.05, 0) is 42.5 Å². The number of ether oxygens (including phenoxy) is 2. The van der Waals surface area contributed by atoms with Gasteiger partial charge in [0.15, 0.2) is 17.3 Å². The van der Waals surface area contributed by atoms with Gasteiger partial charge in [0.25, 0.3) is 5.91 Å². The Kier molecular flexibility index (Phi) is 4.37. The molecule has 1 amide bonds. The first-order chi connectivity index (χ1) is 13.3. The van der Waals surface area contributed by atoms with Crippen LogP contribution in [0.15, 0.2) is 24.3 Å². The SMILES string of the molecule is Cc1nc(NC(=O)/C=C/c2ccc3c(c2)OCO3)nc2c1C(=O)CC(C)(C)C2. The lowest BCUT2D eigenvalue weighted by Gasteiger charge is -2.30. The van der Waals surface area contributed by atoms with E-state index < -0.39 is 0 Å². The number of Topliss-reactive ketones (excluding diaryl/α,β-unsaturated/α-hetero) is 1. The predicted octanol–water partition coefficient (Wildman–Crippen LogP) is 3.32. The number of carbonyl (C=O) groups is 2. The summed E-state index contributed by atoms with van der Waals surface area (Å²) >= 11 is 0. The minimum Gasteiger partial charge on any atom is -0.454 e. The molecule has 144 valence electrons. The molecule has 7 heteroatoms. The zero-order valence-corrected chi connectivity index (χ0v) is 16.0. The van der Waals surface area contributed by atoms with Crippen molar-refractivity contribution in [3.8, 4) is 11.5 Å². The maximum Gasteiger partial charge on any atom is 0.250 e. The van der Waals surface area contributed by atoms with Crippen LogP contribution in [0, 0.1) is 12.3 Å². The molecule has 2 heterocycles. The van der Waals surface area contributed by atoms with Crippen LogP contribution < -0.4 is 14.8 Å². The third-order valence-electron chi connectivity index (χ3n) is 4.79. The number of ketones is 1. The fraction of sp³-hybridized carbons (Fsp3) is 0.333. The molecule has 0 spiro atoms. The summed E-state index contributed by atoms with van der Waals surface area (Å²) in [6.45, 7) is 6.06. The Morgan fingerprint density at radius 1 is 1.18 bits per heavy atom. The second-order valence-corrected chi connectivity index (χ2v) is 7.83. The van der Waals surface area contributed by atoms with Crippen LogP contribution in [0.3, 0.4) is 0 Å². The van der Waals surface area contributed by atoms with Crippen LogP contribution in [0.4, 0.5) is 5.95 Å². The van der Waals surface area contributed by atoms with Crippen molar-refractivity contribution in [2.24, 2.45) is 5.41 Å². The third kappa shape index (κ3) is 3.60. The smallest absolute Gasteiger partial charge is 0.250 e. The minimum atomic E-state index is -0.349. The molecule has 2 aliphatic rings. The number of benzene rings is 1. The lowest BCUT2D eigenvalue weighted by Crippen LogP contribution is -2.29. The molecule has 0 unspecified atom stereocenters. The highest BCUT2D eigenvalue weighted by Gasteiger charge is 2.33. The first-order valence-corrected chi connectivity index (χ1v) is 9.10. The first-order valence-electron chi connectivity index (χ1n) is 9.10. The van der Waals surface area contributed by atoms with Gasteiger partial charge in [-0.3, -0.25) is 14.9 Å². The van der Waals surface area contributed by atoms with Crippen molar-refractivity contribution < 1.29 is 19.1 Å². The molecule has 4 rings (SSSR count). The topological polar surface area (TPSA) is 90.4 Å². The second kappa shape index (κ2) is 6.74. The van der Waals surface area contributed by atoms with Crippen LogP contribution in [0.2, 0.25) is 0 Å². The molecule has 1 aromatic heterocycles. The fourth-order valence-electron chi connectivity index (χ4n) is 3.56. The van der Waals surface area contributed by atoms with E-state index in [0.29, 0.717) is 41.3 Å². The Morgan fingerprint density at radius 3 is 2.79 bits per heavy atom. The number of nitrogens with zero attached hydrogens (tertiary/aromatic N) is 2. The summed E-state index contributed by atoms with van der Waals surface area (Å²) in [4.78, 5) is 33.4. The number of anilines is 1. The van der Waals surface area contributed by atoms with Crippen molar-refractivity contribution in [3.05, 3.63) is 46.8 Å². The molecule has 2 aromatic rings. The summed E-state index contributed by atoms with van der Waals surface area (Å²) in [6.07, 6.45) is 4.24. The van der Waals surface area contributed by atoms with Gasteiger partial charge in [-0.1, -0.05) is 19.9 Å². The number of carbonyl (C=O) groups excluding carboxylic acids is 2. The van der Waals surface area contributed by atoms with Crippen molar-refractivity contribution in [2.75, 3.05) is 12.1 Å². The molecule has 1 N–H and O–H groups in total. The van der Waals surface area contributed by atoms with E-state index in [1.54, 1.807) is 25.1 Å². The Balaban J connectivity index is 1.50. The van der Waals surface area contributed by atoms with E-state index in [0.717, 1.165) is 5.56 Å². The molecule has 7 nitrogen and oxygen atoms in total. The minimum absolute atomic E-state index is 0.0596. The number of amides is 1. The van der Waals surface area contributed by atoms with Crippen LogP contribution in [-0.4, -0.2) is 28.5 Å². The monoisotopic (exact) mass is 379 g/mol. The number of aromatic nitrogens is 2. The van der Waals surface area contributed by atoms with Crippen molar-refractivity contribution in [1.29, 1.82) is 0 Å². The van der Waals surface area contributed by atoms with Crippen molar-refractivity contribution in [2.45, 2.75) is 33.6 Å². The quantitative estimate of drug-likeness (QED) is 0.823. The molecule has 0 saturated heterocycles. The fourth-order valence-corrected chi connectivity index (χ4v) is 3.56. The summed E-state index contributed by atoms with van der Waals surface area (Å²) in [6, 6.07) is 5.44. The van der Waals surface area contributed by atoms with Gasteiger partial charge in [0.1, 0.15) is 0 Å². The number of rotatable bonds is 3. The van der Waals surface area contributed by atoms with Gasteiger partial charge in [0.2, 0.25) is 12.7 Å². The summed E-state index contributed by atoms with van der Waals surface area (Å²) in [5.41, 5.74) is 2.55. The van der Waals surface area contributed by atoms with E-state index in [4.69, 9.17) is 9.47 Å². The van der Waals surface area contributed by atoms with Gasteiger partial charge in [-0.25, -0.2) is 9.97 Å². The highest BCUT2D eigenvalue weighted by atomic mass is 16.7. The van der Waals surface area contributed by atoms with Gasteiger partial charge < -0.3 is 9.47 Å². The van der Waals surface area contributed by atoms with E-state index in [2.05, 4.69) is 15.3 Å². The molecular formula is C21H21N3O4. The van der Waals surface area contributed by atoms with Crippen LogP contribution >= 0.6 is 0 Å². The van der Waals surface area contributed by atoms with E-state index in [9.17, 15) is 9.59 Å². The van der Waals surface area contributed by atoms with E-state index in [1.165, 1.54) is 6.08 Å². The molecule has 1 aliphatic heterocycles. The lowest BCUT2D eigenvalue weighted by atomic mass is 9.75. The Labute approximate surface area is 162 Å². The standard InChI is InChI=1S/C21H21N3O4/c1-12-19-14(9-21(2,3)10-15(19)25)23-20(22-12)24-18(26)7-5-13-4-6-16-17(8-13)28-11-27-16/h4-8H,9-11H2,1-3H3,(H,22,23,24,26)/b7-5+. The molecule has 1 aliphatic carbocycles. The van der Waals surface area contributed by atoms with Crippen molar-refractivity contribution in [1.82, 2.24) is 9.97 Å². The summed E-state index contributed by atoms with van der Waals surface area (Å²) in [7, 11) is 0. The van der Waals surface area contributed by atoms with Gasteiger partial charge in [-0.15, -0.1) is 0 Å². The molecule has 0 fully saturated rings. The predicted molar refractivity (Wildman–Crippen MR) is 103 cm³/mol. The molecule has 0 atom stereocenters. The normalized spacial score (nSPS) is 16.9. The lowest BCUT2D eigenvalue weighted by molar-refractivity contribution is -0.111. The van der Waals surface area contributed by atoms with Gasteiger partial charge in [0.05, 0.1) is 17.0 Å². The maximum absolute atomic E-state index is 12.4. The average Bonchev–Trinajstić information content (AvgIpc) is 3.05. The van der Waals surface area contributed by atoms with Gasteiger partial charge in [0, 0.05) is 12.5 Å². The Morgan fingerprint density at radius 2 is 1.96 bits per heavy atom. The molecule has 0 radical (unpaired) electrons. The third-order valence-corrected chi connectivity index (χ3v) is 4.79. The highest BCUT2D eigenvalue weighted by Crippen LogP contribution is 2.35. The number of hydrogen-bond donors (Lipinski definition) is 1. The van der Waals surface area contributed by atoms with Crippen molar-refractivity contribution in [3.63, 3.8) is 0 Å². The van der Waals surface area contributed by atoms with Crippen molar-refractivity contribution >= 4 is 23.7 Å². The molecular weight excluding hydrogens is 358 g/mol. The Hall–Kier alpha value is -3.22. The van der Waals surface area contributed by atoms with Gasteiger partial charge in [-0.2, -0.15) is 0 Å². The average molecular weight is 379 g/mol. The molecule has 28 heavy (non-hydrogen) atoms. The Bertz CT molecular complexity index is 1010. The summed E-state index contributed by atoms with van der Waals surface area (Å²) < 4.78 is 10.6. The van der Waals surface area contributed by atoms with Crippen LogP contribution in [-0.2, 0) is 11.2 Å². The van der Waals surface area contributed by atoms with Crippen LogP contribution in [0.25, 0.3) is 6.08 Å². The largest absolute Gasteiger partial charge is 0.454 e. The van der Waals surface area contributed by atoms with Crippen LogP contribution in [0.5, 0.6) is 11.5 Å². The van der Waals surface area contributed by atoms with E-state index in [-0.39, 0.29) is 29.8 Å². The summed E-state index contributed by atoms with van der Waals surface area (Å²) in [5.74, 6) is 1.27. The second-order valence-electron chi connectivity index (χ2n) is 7.83. The highest BCUT2D eigenvalue weighted by molar-refractivity contribution is 6.02. The first kappa shape index (κ1) is 18.2. The maximum atomic E-state index is 12.4. The number of aryl methyl sites for hydroxylation is 1. The number of fused-ring (bicyclic) bond motifs is 2. The zero-order valence-electron chi connectivity index (χ0n) is 16.0. The molecule has 0 bridgehead atoms. The van der Waals surface area contributed by atoms with Crippen LogP contribution in [0.1, 0.15) is 47.6 Å². The van der Waals surface area contributed by atoms with Gasteiger partial charge >= 0.3 is 0 Å². The zero-order chi connectivity index (χ0) is 19.9. The molecule has 0 saturated carbocycles. The van der Waals surface area contributed by atoms with E-state index >= 15 is 0 Å². The van der Waals surface area contributed by atoms with E-state index in [1.807, 2.05) is 19.9 Å². The molecule has 1 aromatic carbocycles. The number of nitrogens with one attached hydrogen (secondary N) is 1.